The van der Waals surface area contributed by atoms with Crippen LogP contribution in [-0.2, 0) is 0 Å². The quantitative estimate of drug-likeness (QED) is 0.486. The number of anilines is 1. The molecule has 2 N–H and O–H groups in total. The summed E-state index contributed by atoms with van der Waals surface area (Å²) in [5, 5.41) is 3.21. The molecule has 0 fully saturated rings. The lowest BCUT2D eigenvalue weighted by molar-refractivity contribution is 0.565. The summed E-state index contributed by atoms with van der Waals surface area (Å²) < 4.78 is 30.6. The van der Waals surface area contributed by atoms with Crippen molar-refractivity contribution in [2.75, 3.05) is 5.32 Å². The number of aromatic amines is 1. The van der Waals surface area contributed by atoms with Gasteiger partial charge in [0.15, 0.2) is 17.1 Å². The number of nitrogens with zero attached hydrogens (tertiary/aromatic N) is 6. The molecule has 8 nitrogen and oxygen atoms in total. The third kappa shape index (κ3) is 2.76. The van der Waals surface area contributed by atoms with Crippen LogP contribution in [0.5, 0.6) is 0 Å². The number of nitrogens with one attached hydrogen (secondary N) is 2. The Bertz CT molecular complexity index is 1320. The highest BCUT2D eigenvalue weighted by Crippen LogP contribution is 2.29. The summed E-state index contributed by atoms with van der Waals surface area (Å²) in [5.41, 5.74) is 1.77. The van der Waals surface area contributed by atoms with Crippen molar-refractivity contribution < 1.29 is 8.78 Å². The molecule has 1 aromatic carbocycles. The Kier molecular flexibility index (Phi) is 3.90. The molecule has 29 heavy (non-hydrogen) atoms. The van der Waals surface area contributed by atoms with Crippen LogP contribution < -0.4 is 5.32 Å². The lowest BCUT2D eigenvalue weighted by Gasteiger charge is -2.17. The van der Waals surface area contributed by atoms with Crippen LogP contribution in [0.2, 0.25) is 0 Å². The van der Waals surface area contributed by atoms with Gasteiger partial charge in [-0.15, -0.1) is 0 Å². The van der Waals surface area contributed by atoms with Gasteiger partial charge >= 0.3 is 0 Å². The van der Waals surface area contributed by atoms with Crippen LogP contribution in [0.1, 0.15) is 18.8 Å². The van der Waals surface area contributed by atoms with E-state index in [-0.39, 0.29) is 5.69 Å². The minimum atomic E-state index is -0.708. The summed E-state index contributed by atoms with van der Waals surface area (Å²) in [4.78, 5) is 24.3. The molecule has 0 aliphatic heterocycles. The van der Waals surface area contributed by atoms with Crippen LogP contribution in [0, 0.1) is 11.6 Å². The first-order chi connectivity index (χ1) is 14.1. The summed E-state index contributed by atoms with van der Waals surface area (Å²) in [6, 6.07) is 6.70. The second-order valence-corrected chi connectivity index (χ2v) is 6.41. The van der Waals surface area contributed by atoms with Crippen LogP contribution in [0.3, 0.4) is 0 Å². The number of imidazole rings is 2. The van der Waals surface area contributed by atoms with Crippen molar-refractivity contribution in [2.45, 2.75) is 13.0 Å². The molecule has 0 radical (unpaired) electrons. The Hall–Kier alpha value is -3.95. The van der Waals surface area contributed by atoms with E-state index >= 15 is 0 Å². The van der Waals surface area contributed by atoms with E-state index in [1.165, 1.54) is 35.4 Å². The summed E-state index contributed by atoms with van der Waals surface area (Å²) >= 11 is 0. The van der Waals surface area contributed by atoms with Gasteiger partial charge in [-0.1, -0.05) is 6.07 Å². The van der Waals surface area contributed by atoms with Crippen molar-refractivity contribution in [3.63, 3.8) is 0 Å². The molecule has 0 bridgehead atoms. The van der Waals surface area contributed by atoms with Gasteiger partial charge in [0, 0.05) is 6.20 Å². The molecule has 144 valence electrons. The van der Waals surface area contributed by atoms with Gasteiger partial charge in [0.1, 0.15) is 40.5 Å². The SMILES string of the molecule is CC(Nc1ncnc2[nH]cnc12)c1nc2cccnc2n1-c1c(F)cccc1F. The van der Waals surface area contributed by atoms with Gasteiger partial charge in [0.05, 0.1) is 12.4 Å². The van der Waals surface area contributed by atoms with Gasteiger partial charge in [-0.3, -0.25) is 4.57 Å². The van der Waals surface area contributed by atoms with Crippen LogP contribution in [0.15, 0.2) is 49.2 Å². The van der Waals surface area contributed by atoms with Crippen LogP contribution in [0.4, 0.5) is 14.6 Å². The molecule has 1 unspecified atom stereocenters. The van der Waals surface area contributed by atoms with E-state index in [2.05, 4.69) is 35.2 Å². The number of fused-ring (bicyclic) bond motifs is 2. The molecular formula is C19H14F2N8. The normalized spacial score (nSPS) is 12.5. The first-order valence-corrected chi connectivity index (χ1v) is 8.82. The van der Waals surface area contributed by atoms with Crippen molar-refractivity contribution in [2.24, 2.45) is 0 Å². The number of aromatic nitrogens is 7. The number of rotatable bonds is 4. The molecule has 4 heterocycles. The van der Waals surface area contributed by atoms with Crippen LogP contribution >= 0.6 is 0 Å². The van der Waals surface area contributed by atoms with Gasteiger partial charge in [-0.2, -0.15) is 0 Å². The topological polar surface area (TPSA) is 97.2 Å². The highest BCUT2D eigenvalue weighted by atomic mass is 19.1. The first-order valence-electron chi connectivity index (χ1n) is 8.82. The zero-order valence-corrected chi connectivity index (χ0v) is 15.1. The fraction of sp³-hybridized carbons (Fsp3) is 0.105. The van der Waals surface area contributed by atoms with Gasteiger partial charge in [0.25, 0.3) is 0 Å². The Morgan fingerprint density at radius 3 is 2.69 bits per heavy atom. The highest BCUT2D eigenvalue weighted by molar-refractivity contribution is 5.82. The van der Waals surface area contributed by atoms with E-state index in [0.29, 0.717) is 34.0 Å². The molecular weight excluding hydrogens is 378 g/mol. The minimum Gasteiger partial charge on any atom is -0.358 e. The molecule has 10 heteroatoms. The average Bonchev–Trinajstić information content (AvgIpc) is 3.34. The predicted molar refractivity (Wildman–Crippen MR) is 103 cm³/mol. The molecule has 0 saturated heterocycles. The monoisotopic (exact) mass is 392 g/mol. The molecule has 5 aromatic rings. The Balaban J connectivity index is 1.68. The van der Waals surface area contributed by atoms with Crippen LogP contribution in [-0.4, -0.2) is 34.5 Å². The molecule has 1 atom stereocenters. The van der Waals surface area contributed by atoms with E-state index < -0.39 is 17.7 Å². The largest absolute Gasteiger partial charge is 0.358 e. The second-order valence-electron chi connectivity index (χ2n) is 6.41. The molecule has 4 aromatic heterocycles. The van der Waals surface area contributed by atoms with Crippen molar-refractivity contribution in [1.29, 1.82) is 0 Å². The van der Waals surface area contributed by atoms with Crippen molar-refractivity contribution in [3.8, 4) is 5.69 Å². The number of H-pyrrole nitrogens is 1. The lowest BCUT2D eigenvalue weighted by Crippen LogP contribution is -2.16. The minimum absolute atomic E-state index is 0.232. The number of halogens is 2. The molecule has 0 aliphatic carbocycles. The number of benzene rings is 1. The molecule has 5 rings (SSSR count). The van der Waals surface area contributed by atoms with Crippen LogP contribution in [0.25, 0.3) is 28.0 Å². The van der Waals surface area contributed by atoms with Crippen molar-refractivity contribution >= 4 is 28.1 Å². The van der Waals surface area contributed by atoms with E-state index in [1.54, 1.807) is 18.3 Å². The van der Waals surface area contributed by atoms with E-state index in [4.69, 9.17) is 0 Å². The lowest BCUT2D eigenvalue weighted by atomic mass is 10.2. The summed E-state index contributed by atoms with van der Waals surface area (Å²) in [5.74, 6) is -0.561. The van der Waals surface area contributed by atoms with Gasteiger partial charge < -0.3 is 10.3 Å². The Morgan fingerprint density at radius 1 is 1.03 bits per heavy atom. The third-order valence-electron chi connectivity index (χ3n) is 4.56. The maximum absolute atomic E-state index is 14.6. The number of para-hydroxylation sites is 1. The Morgan fingerprint density at radius 2 is 1.86 bits per heavy atom. The third-order valence-corrected chi connectivity index (χ3v) is 4.56. The first kappa shape index (κ1) is 17.2. The summed E-state index contributed by atoms with van der Waals surface area (Å²) in [6.45, 7) is 1.82. The summed E-state index contributed by atoms with van der Waals surface area (Å²) in [7, 11) is 0. The van der Waals surface area contributed by atoms with Gasteiger partial charge in [-0.25, -0.2) is 33.7 Å². The fourth-order valence-corrected chi connectivity index (χ4v) is 3.28. The maximum Gasteiger partial charge on any atom is 0.164 e. The van der Waals surface area contributed by atoms with Crippen molar-refractivity contribution in [1.82, 2.24) is 34.5 Å². The fourth-order valence-electron chi connectivity index (χ4n) is 3.28. The number of hydrogen-bond donors (Lipinski definition) is 2. The zero-order valence-electron chi connectivity index (χ0n) is 15.1. The highest BCUT2D eigenvalue weighted by Gasteiger charge is 2.24. The van der Waals surface area contributed by atoms with Gasteiger partial charge in [0.2, 0.25) is 0 Å². The summed E-state index contributed by atoms with van der Waals surface area (Å²) in [6.07, 6.45) is 4.47. The van der Waals surface area contributed by atoms with E-state index in [9.17, 15) is 8.78 Å². The second kappa shape index (κ2) is 6.59. The smallest absolute Gasteiger partial charge is 0.164 e. The van der Waals surface area contributed by atoms with E-state index in [1.807, 2.05) is 6.92 Å². The number of hydrogen-bond acceptors (Lipinski definition) is 6. The maximum atomic E-state index is 14.6. The zero-order chi connectivity index (χ0) is 20.0. The Labute approximate surface area is 162 Å². The molecule has 0 spiro atoms. The molecule has 0 amide bonds. The average molecular weight is 392 g/mol. The molecule has 0 aliphatic rings. The van der Waals surface area contributed by atoms with E-state index in [0.717, 1.165) is 0 Å². The predicted octanol–water partition coefficient (Wildman–Crippen LogP) is 3.54. The number of pyridine rings is 1. The molecule has 0 saturated carbocycles. The van der Waals surface area contributed by atoms with Gasteiger partial charge in [-0.05, 0) is 31.2 Å². The standard InChI is InChI=1S/C19H14F2N8/c1-10(27-17-14-16(24-8-23-14)25-9-26-17)18-28-13-6-3-7-22-19(13)29(18)15-11(20)4-2-5-12(15)21/h2-10H,1H3,(H2,23,24,25,26,27). The van der Waals surface area contributed by atoms with Crippen molar-refractivity contribution in [3.05, 3.63) is 66.6 Å².